The second-order valence-corrected chi connectivity index (χ2v) is 5.34. The Kier molecular flexibility index (Phi) is 3.96. The largest absolute Gasteiger partial charge is 0.394 e. The summed E-state index contributed by atoms with van der Waals surface area (Å²) in [5.41, 5.74) is 0.447. The number of morpholine rings is 1. The highest BCUT2D eigenvalue weighted by molar-refractivity contribution is 5.76. The van der Waals surface area contributed by atoms with E-state index in [4.69, 9.17) is 4.74 Å². The number of hydrogen-bond acceptors (Lipinski definition) is 6. The van der Waals surface area contributed by atoms with Crippen LogP contribution in [0.25, 0.3) is 10.9 Å². The van der Waals surface area contributed by atoms with Crippen molar-refractivity contribution in [2.75, 3.05) is 19.7 Å². The SMILES string of the molecule is CC1CN(Cn2nnc3ccccc3c2=O)CC(CO)O1. The predicted octanol–water partition coefficient (Wildman–Crippen LogP) is -0.169. The second kappa shape index (κ2) is 5.88. The van der Waals surface area contributed by atoms with Gasteiger partial charge in [0.15, 0.2) is 0 Å². The van der Waals surface area contributed by atoms with Gasteiger partial charge in [-0.3, -0.25) is 9.69 Å². The van der Waals surface area contributed by atoms with Crippen LogP contribution < -0.4 is 5.56 Å². The first-order chi connectivity index (χ1) is 10.2. The molecule has 1 aromatic carbocycles. The van der Waals surface area contributed by atoms with Crippen molar-refractivity contribution in [2.45, 2.75) is 25.8 Å². The maximum absolute atomic E-state index is 12.4. The molecule has 1 aliphatic heterocycles. The Morgan fingerprint density at radius 2 is 2.19 bits per heavy atom. The molecule has 7 nitrogen and oxygen atoms in total. The number of nitrogens with zero attached hydrogens (tertiary/aromatic N) is 4. The molecule has 0 bridgehead atoms. The Morgan fingerprint density at radius 3 is 3.00 bits per heavy atom. The summed E-state index contributed by atoms with van der Waals surface area (Å²) in [5, 5.41) is 17.9. The summed E-state index contributed by atoms with van der Waals surface area (Å²) in [6.45, 7) is 3.53. The number of aliphatic hydroxyl groups is 1. The summed E-state index contributed by atoms with van der Waals surface area (Å²) in [7, 11) is 0. The van der Waals surface area contributed by atoms with Gasteiger partial charge >= 0.3 is 0 Å². The van der Waals surface area contributed by atoms with E-state index in [0.29, 0.717) is 30.7 Å². The molecule has 1 N–H and O–H groups in total. The van der Waals surface area contributed by atoms with E-state index in [1.807, 2.05) is 24.0 Å². The van der Waals surface area contributed by atoms with E-state index in [9.17, 15) is 9.90 Å². The van der Waals surface area contributed by atoms with Gasteiger partial charge in [0.1, 0.15) is 5.52 Å². The Bertz CT molecular complexity index is 687. The Morgan fingerprint density at radius 1 is 1.38 bits per heavy atom. The molecule has 1 saturated heterocycles. The number of rotatable bonds is 3. The number of benzene rings is 1. The standard InChI is InChI=1S/C14H18N4O3/c1-10-6-17(7-11(8-19)21-10)9-18-14(20)12-4-2-3-5-13(12)15-16-18/h2-5,10-11,19H,6-9H2,1H3. The van der Waals surface area contributed by atoms with Crippen LogP contribution in [0.2, 0.25) is 0 Å². The van der Waals surface area contributed by atoms with E-state index in [-0.39, 0.29) is 24.4 Å². The number of aliphatic hydroxyl groups excluding tert-OH is 1. The number of hydrogen-bond donors (Lipinski definition) is 1. The minimum Gasteiger partial charge on any atom is -0.394 e. The van der Waals surface area contributed by atoms with Crippen molar-refractivity contribution in [1.29, 1.82) is 0 Å². The molecule has 0 aliphatic carbocycles. The van der Waals surface area contributed by atoms with Gasteiger partial charge in [-0.05, 0) is 19.1 Å². The van der Waals surface area contributed by atoms with Gasteiger partial charge in [-0.15, -0.1) is 5.10 Å². The summed E-state index contributed by atoms with van der Waals surface area (Å²) in [6, 6.07) is 7.17. The second-order valence-electron chi connectivity index (χ2n) is 5.34. The van der Waals surface area contributed by atoms with Gasteiger partial charge in [-0.25, -0.2) is 0 Å². The van der Waals surface area contributed by atoms with Gasteiger partial charge in [0.25, 0.3) is 5.56 Å². The van der Waals surface area contributed by atoms with Crippen LogP contribution in [-0.2, 0) is 11.4 Å². The summed E-state index contributed by atoms with van der Waals surface area (Å²) in [5.74, 6) is 0. The average molecular weight is 290 g/mol. The molecular formula is C14H18N4O3. The highest BCUT2D eigenvalue weighted by Crippen LogP contribution is 2.11. The van der Waals surface area contributed by atoms with Crippen LogP contribution >= 0.6 is 0 Å². The van der Waals surface area contributed by atoms with Gasteiger partial charge in [0.2, 0.25) is 0 Å². The molecule has 112 valence electrons. The average Bonchev–Trinajstić information content (AvgIpc) is 2.50. The maximum atomic E-state index is 12.4. The fourth-order valence-corrected chi connectivity index (χ4v) is 2.66. The summed E-state index contributed by atoms with van der Waals surface area (Å²) in [4.78, 5) is 14.4. The molecule has 1 aliphatic rings. The lowest BCUT2D eigenvalue weighted by atomic mass is 10.2. The van der Waals surface area contributed by atoms with E-state index in [0.717, 1.165) is 0 Å². The summed E-state index contributed by atoms with van der Waals surface area (Å²) >= 11 is 0. The third kappa shape index (κ3) is 2.94. The molecule has 0 radical (unpaired) electrons. The van der Waals surface area contributed by atoms with Crippen molar-refractivity contribution >= 4 is 10.9 Å². The first-order valence-electron chi connectivity index (χ1n) is 6.98. The van der Waals surface area contributed by atoms with Crippen molar-refractivity contribution in [3.63, 3.8) is 0 Å². The van der Waals surface area contributed by atoms with E-state index in [1.54, 1.807) is 12.1 Å². The summed E-state index contributed by atoms with van der Waals surface area (Å²) in [6.07, 6.45) is -0.210. The molecule has 0 amide bonds. The zero-order valence-electron chi connectivity index (χ0n) is 11.8. The van der Waals surface area contributed by atoms with Crippen LogP contribution in [0.4, 0.5) is 0 Å². The number of fused-ring (bicyclic) bond motifs is 1. The van der Waals surface area contributed by atoms with Gasteiger partial charge in [0.05, 0.1) is 30.9 Å². The van der Waals surface area contributed by atoms with Gasteiger partial charge < -0.3 is 9.84 Å². The molecule has 2 unspecified atom stereocenters. The van der Waals surface area contributed by atoms with Crippen molar-refractivity contribution in [3.8, 4) is 0 Å². The lowest BCUT2D eigenvalue weighted by Crippen LogP contribution is -2.49. The topological polar surface area (TPSA) is 80.5 Å². The van der Waals surface area contributed by atoms with E-state index < -0.39 is 0 Å². The molecule has 0 saturated carbocycles. The molecule has 21 heavy (non-hydrogen) atoms. The highest BCUT2D eigenvalue weighted by atomic mass is 16.5. The Balaban J connectivity index is 1.84. The van der Waals surface area contributed by atoms with Gasteiger partial charge in [0, 0.05) is 13.1 Å². The van der Waals surface area contributed by atoms with Gasteiger partial charge in [-0.1, -0.05) is 17.3 Å². The highest BCUT2D eigenvalue weighted by Gasteiger charge is 2.25. The molecule has 3 rings (SSSR count). The van der Waals surface area contributed by atoms with Crippen LogP contribution in [0, 0.1) is 0 Å². The zero-order valence-corrected chi connectivity index (χ0v) is 11.8. The normalized spacial score (nSPS) is 23.5. The van der Waals surface area contributed by atoms with Crippen LogP contribution in [-0.4, -0.2) is 56.9 Å². The monoisotopic (exact) mass is 290 g/mol. The van der Waals surface area contributed by atoms with Crippen LogP contribution in [0.5, 0.6) is 0 Å². The molecule has 2 atom stereocenters. The first-order valence-corrected chi connectivity index (χ1v) is 6.98. The molecule has 2 heterocycles. The third-order valence-electron chi connectivity index (χ3n) is 3.57. The number of ether oxygens (including phenoxy) is 1. The van der Waals surface area contributed by atoms with Crippen LogP contribution in [0.15, 0.2) is 29.1 Å². The molecule has 1 fully saturated rings. The Hall–Kier alpha value is -1.83. The summed E-state index contributed by atoms with van der Waals surface area (Å²) < 4.78 is 6.94. The van der Waals surface area contributed by atoms with E-state index in [1.165, 1.54) is 4.68 Å². The van der Waals surface area contributed by atoms with E-state index >= 15 is 0 Å². The number of aromatic nitrogens is 3. The molecule has 1 aromatic heterocycles. The third-order valence-corrected chi connectivity index (χ3v) is 3.57. The zero-order chi connectivity index (χ0) is 14.8. The minimum absolute atomic E-state index is 0.0139. The lowest BCUT2D eigenvalue weighted by molar-refractivity contribution is -0.103. The van der Waals surface area contributed by atoms with Crippen molar-refractivity contribution in [1.82, 2.24) is 19.9 Å². The molecule has 2 aromatic rings. The molecular weight excluding hydrogens is 272 g/mol. The van der Waals surface area contributed by atoms with Crippen LogP contribution in [0.1, 0.15) is 6.92 Å². The Labute approximate surface area is 121 Å². The quantitative estimate of drug-likeness (QED) is 0.845. The van der Waals surface area contributed by atoms with Crippen molar-refractivity contribution in [2.24, 2.45) is 0 Å². The predicted molar refractivity (Wildman–Crippen MR) is 76.8 cm³/mol. The van der Waals surface area contributed by atoms with Crippen molar-refractivity contribution < 1.29 is 9.84 Å². The van der Waals surface area contributed by atoms with Crippen molar-refractivity contribution in [3.05, 3.63) is 34.6 Å². The molecule has 0 spiro atoms. The lowest BCUT2D eigenvalue weighted by Gasteiger charge is -2.35. The van der Waals surface area contributed by atoms with Crippen LogP contribution in [0.3, 0.4) is 0 Å². The fourth-order valence-electron chi connectivity index (χ4n) is 2.66. The minimum atomic E-state index is -0.224. The first kappa shape index (κ1) is 14.1. The maximum Gasteiger partial charge on any atom is 0.278 e. The smallest absolute Gasteiger partial charge is 0.278 e. The van der Waals surface area contributed by atoms with Gasteiger partial charge in [-0.2, -0.15) is 4.68 Å². The van der Waals surface area contributed by atoms with E-state index in [2.05, 4.69) is 10.3 Å². The molecule has 7 heteroatoms. The fraction of sp³-hybridized carbons (Fsp3) is 0.500.